The molecule has 0 saturated heterocycles. The van der Waals surface area contributed by atoms with Crippen molar-refractivity contribution in [3.63, 3.8) is 0 Å². The number of nitrogens with zero attached hydrogens (tertiary/aromatic N) is 2. The van der Waals surface area contributed by atoms with Gasteiger partial charge >= 0.3 is 0 Å². The standard InChI is InChI=1S/C15H27N3O/c1-5-18(6-2)9-10-19-15-7-8-16-11-14(15)12-17-13(3)4/h7-8,11,13,17H,5-6,9-10,12H2,1-4H3. The Morgan fingerprint density at radius 1 is 1.32 bits per heavy atom. The first-order chi connectivity index (χ1) is 9.17. The Hall–Kier alpha value is -1.13. The van der Waals surface area contributed by atoms with Crippen molar-refractivity contribution in [2.75, 3.05) is 26.2 Å². The molecule has 4 nitrogen and oxygen atoms in total. The Bertz CT molecular complexity index is 351. The number of nitrogens with one attached hydrogen (secondary N) is 1. The first-order valence-corrected chi connectivity index (χ1v) is 7.18. The van der Waals surface area contributed by atoms with E-state index in [9.17, 15) is 0 Å². The summed E-state index contributed by atoms with van der Waals surface area (Å²) in [4.78, 5) is 6.52. The highest BCUT2D eigenvalue weighted by Gasteiger charge is 2.05. The van der Waals surface area contributed by atoms with Crippen molar-refractivity contribution in [3.8, 4) is 5.75 Å². The summed E-state index contributed by atoms with van der Waals surface area (Å²) in [7, 11) is 0. The zero-order valence-electron chi connectivity index (χ0n) is 12.6. The van der Waals surface area contributed by atoms with Gasteiger partial charge in [-0.2, -0.15) is 0 Å². The van der Waals surface area contributed by atoms with E-state index in [1.54, 1.807) is 6.20 Å². The molecule has 1 N–H and O–H groups in total. The van der Waals surface area contributed by atoms with Crippen molar-refractivity contribution < 1.29 is 4.74 Å². The lowest BCUT2D eigenvalue weighted by atomic mass is 10.2. The van der Waals surface area contributed by atoms with Gasteiger partial charge in [-0.05, 0) is 19.2 Å². The molecule has 0 amide bonds. The van der Waals surface area contributed by atoms with Crippen molar-refractivity contribution in [1.82, 2.24) is 15.2 Å². The predicted molar refractivity (Wildman–Crippen MR) is 79.5 cm³/mol. The molecule has 0 radical (unpaired) electrons. The van der Waals surface area contributed by atoms with Crippen LogP contribution in [0.3, 0.4) is 0 Å². The van der Waals surface area contributed by atoms with Gasteiger partial charge in [0.1, 0.15) is 12.4 Å². The lowest BCUT2D eigenvalue weighted by molar-refractivity contribution is 0.221. The number of hydrogen-bond acceptors (Lipinski definition) is 4. The fraction of sp³-hybridized carbons (Fsp3) is 0.667. The minimum Gasteiger partial charge on any atom is -0.492 e. The molecule has 19 heavy (non-hydrogen) atoms. The molecule has 108 valence electrons. The van der Waals surface area contributed by atoms with E-state index in [0.29, 0.717) is 6.04 Å². The van der Waals surface area contributed by atoms with Crippen LogP contribution in [0.4, 0.5) is 0 Å². The maximum absolute atomic E-state index is 5.88. The molecule has 0 fully saturated rings. The first-order valence-electron chi connectivity index (χ1n) is 7.18. The number of pyridine rings is 1. The summed E-state index contributed by atoms with van der Waals surface area (Å²) in [6.45, 7) is 13.2. The lowest BCUT2D eigenvalue weighted by Gasteiger charge is -2.19. The Kier molecular flexibility index (Phi) is 7.45. The molecule has 0 aliphatic heterocycles. The molecule has 1 aromatic heterocycles. The first kappa shape index (κ1) is 15.9. The smallest absolute Gasteiger partial charge is 0.126 e. The Balaban J connectivity index is 2.48. The highest BCUT2D eigenvalue weighted by Crippen LogP contribution is 2.16. The van der Waals surface area contributed by atoms with Gasteiger partial charge in [0.2, 0.25) is 0 Å². The fourth-order valence-electron chi connectivity index (χ4n) is 1.83. The third-order valence-electron chi connectivity index (χ3n) is 3.12. The van der Waals surface area contributed by atoms with Crippen LogP contribution in [0.5, 0.6) is 5.75 Å². The SMILES string of the molecule is CCN(CC)CCOc1ccncc1CNC(C)C. The van der Waals surface area contributed by atoms with E-state index in [2.05, 4.69) is 42.9 Å². The average molecular weight is 265 g/mol. The largest absolute Gasteiger partial charge is 0.492 e. The Morgan fingerprint density at radius 2 is 2.05 bits per heavy atom. The molecule has 0 aliphatic rings. The average Bonchev–Trinajstić information content (AvgIpc) is 2.42. The van der Waals surface area contributed by atoms with Gasteiger partial charge in [-0.1, -0.05) is 27.7 Å². The van der Waals surface area contributed by atoms with E-state index in [0.717, 1.165) is 44.1 Å². The zero-order valence-corrected chi connectivity index (χ0v) is 12.6. The highest BCUT2D eigenvalue weighted by molar-refractivity contribution is 5.29. The van der Waals surface area contributed by atoms with Gasteiger partial charge in [0.05, 0.1) is 0 Å². The molecule has 0 unspecified atom stereocenters. The van der Waals surface area contributed by atoms with Gasteiger partial charge in [0.15, 0.2) is 0 Å². The van der Waals surface area contributed by atoms with Gasteiger partial charge < -0.3 is 15.0 Å². The summed E-state index contributed by atoms with van der Waals surface area (Å²) in [5, 5.41) is 3.39. The van der Waals surface area contributed by atoms with Crippen molar-refractivity contribution >= 4 is 0 Å². The van der Waals surface area contributed by atoms with E-state index < -0.39 is 0 Å². The van der Waals surface area contributed by atoms with Crippen LogP contribution in [-0.4, -0.2) is 42.2 Å². The van der Waals surface area contributed by atoms with Gasteiger partial charge in [-0.3, -0.25) is 4.98 Å². The molecule has 0 atom stereocenters. The van der Waals surface area contributed by atoms with Gasteiger partial charge in [0, 0.05) is 37.1 Å². The summed E-state index contributed by atoms with van der Waals surface area (Å²) >= 11 is 0. The van der Waals surface area contributed by atoms with Crippen LogP contribution < -0.4 is 10.1 Å². The summed E-state index contributed by atoms with van der Waals surface area (Å²) < 4.78 is 5.88. The molecule has 0 bridgehead atoms. The second-order valence-electron chi connectivity index (χ2n) is 4.89. The van der Waals surface area contributed by atoms with Gasteiger partial charge in [-0.25, -0.2) is 0 Å². The number of hydrogen-bond donors (Lipinski definition) is 1. The van der Waals surface area contributed by atoms with Crippen molar-refractivity contribution in [2.45, 2.75) is 40.3 Å². The van der Waals surface area contributed by atoms with Crippen LogP contribution in [-0.2, 0) is 6.54 Å². The summed E-state index contributed by atoms with van der Waals surface area (Å²) in [5.41, 5.74) is 1.12. The fourth-order valence-corrected chi connectivity index (χ4v) is 1.83. The molecule has 0 aliphatic carbocycles. The van der Waals surface area contributed by atoms with Crippen LogP contribution in [0.15, 0.2) is 18.5 Å². The van der Waals surface area contributed by atoms with E-state index >= 15 is 0 Å². The maximum Gasteiger partial charge on any atom is 0.126 e. The van der Waals surface area contributed by atoms with E-state index in [1.165, 1.54) is 0 Å². The summed E-state index contributed by atoms with van der Waals surface area (Å²) in [6.07, 6.45) is 3.66. The number of rotatable bonds is 9. The molecule has 0 aromatic carbocycles. The second kappa shape index (κ2) is 8.88. The third kappa shape index (κ3) is 6.03. The van der Waals surface area contributed by atoms with E-state index in [-0.39, 0.29) is 0 Å². The molecule has 0 spiro atoms. The Morgan fingerprint density at radius 3 is 2.68 bits per heavy atom. The minimum atomic E-state index is 0.462. The van der Waals surface area contributed by atoms with Crippen molar-refractivity contribution in [3.05, 3.63) is 24.0 Å². The van der Waals surface area contributed by atoms with Crippen LogP contribution in [0, 0.1) is 0 Å². The number of aromatic nitrogens is 1. The predicted octanol–water partition coefficient (Wildman–Crippen LogP) is 2.30. The minimum absolute atomic E-state index is 0.462. The van der Waals surface area contributed by atoms with Gasteiger partial charge in [-0.15, -0.1) is 0 Å². The van der Waals surface area contributed by atoms with E-state index in [4.69, 9.17) is 4.74 Å². The molecule has 4 heteroatoms. The van der Waals surface area contributed by atoms with E-state index in [1.807, 2.05) is 12.3 Å². The molecule has 0 saturated carbocycles. The molecular weight excluding hydrogens is 238 g/mol. The zero-order chi connectivity index (χ0) is 14.1. The third-order valence-corrected chi connectivity index (χ3v) is 3.12. The van der Waals surface area contributed by atoms with Crippen LogP contribution in [0.2, 0.25) is 0 Å². The van der Waals surface area contributed by atoms with Crippen LogP contribution in [0.25, 0.3) is 0 Å². The normalized spacial score (nSPS) is 11.3. The molecule has 1 heterocycles. The van der Waals surface area contributed by atoms with Crippen LogP contribution >= 0.6 is 0 Å². The molecule has 1 aromatic rings. The van der Waals surface area contributed by atoms with Crippen molar-refractivity contribution in [2.24, 2.45) is 0 Å². The van der Waals surface area contributed by atoms with Crippen molar-refractivity contribution in [1.29, 1.82) is 0 Å². The highest BCUT2D eigenvalue weighted by atomic mass is 16.5. The summed E-state index contributed by atoms with van der Waals surface area (Å²) in [5.74, 6) is 0.940. The molecule has 1 rings (SSSR count). The second-order valence-corrected chi connectivity index (χ2v) is 4.89. The number of likely N-dealkylation sites (N-methyl/N-ethyl adjacent to an activating group) is 1. The topological polar surface area (TPSA) is 37.4 Å². The summed E-state index contributed by atoms with van der Waals surface area (Å²) in [6, 6.07) is 2.41. The maximum atomic E-state index is 5.88. The Labute approximate surface area is 117 Å². The number of ether oxygens (including phenoxy) is 1. The quantitative estimate of drug-likeness (QED) is 0.743. The van der Waals surface area contributed by atoms with Gasteiger partial charge in [0.25, 0.3) is 0 Å². The molecular formula is C15H27N3O. The van der Waals surface area contributed by atoms with Crippen LogP contribution in [0.1, 0.15) is 33.3 Å². The monoisotopic (exact) mass is 265 g/mol. The lowest BCUT2D eigenvalue weighted by Crippen LogP contribution is -2.28.